The molecule has 1 aliphatic heterocycles. The van der Waals surface area contributed by atoms with Crippen molar-refractivity contribution in [2.75, 3.05) is 13.2 Å². The van der Waals surface area contributed by atoms with Gasteiger partial charge < -0.3 is 26.2 Å². The first kappa shape index (κ1) is 15.2. The zero-order chi connectivity index (χ0) is 14.5. The summed E-state index contributed by atoms with van der Waals surface area (Å²) >= 11 is 0. The average molecular weight is 273 g/mol. The summed E-state index contributed by atoms with van der Waals surface area (Å²) < 4.78 is 5.47. The fourth-order valence-electron chi connectivity index (χ4n) is 1.85. The van der Waals surface area contributed by atoms with Crippen LogP contribution in [0.3, 0.4) is 0 Å². The monoisotopic (exact) mass is 273 g/mol. The number of nitrogens with two attached hydrogens (primary N) is 1. The molecular weight excluding hydrogens is 254 g/mol. The van der Waals surface area contributed by atoms with Crippen LogP contribution in [0.1, 0.15) is 26.2 Å². The summed E-state index contributed by atoms with van der Waals surface area (Å²) in [5, 5.41) is 13.5. The second-order valence-corrected chi connectivity index (χ2v) is 4.79. The summed E-state index contributed by atoms with van der Waals surface area (Å²) in [5.74, 6) is -2.10. The number of carboxylic acid groups (broad SMARTS) is 1. The van der Waals surface area contributed by atoms with E-state index >= 15 is 0 Å². The number of aliphatic carboxylic acids is 1. The number of nitrogens with one attached hydrogen (secondary N) is 2. The zero-order valence-corrected chi connectivity index (χ0v) is 10.8. The highest BCUT2D eigenvalue weighted by Gasteiger charge is 2.30. The molecule has 0 aliphatic carbocycles. The van der Waals surface area contributed by atoms with E-state index in [9.17, 15) is 14.4 Å². The van der Waals surface area contributed by atoms with Crippen molar-refractivity contribution < 1.29 is 24.2 Å². The summed E-state index contributed by atoms with van der Waals surface area (Å²) in [6.07, 6.45) is 1.31. The molecule has 1 heterocycles. The quantitative estimate of drug-likeness (QED) is 0.502. The number of hydrogen-bond donors (Lipinski definition) is 4. The Kier molecular flexibility index (Phi) is 5.11. The van der Waals surface area contributed by atoms with E-state index in [0.29, 0.717) is 6.61 Å². The maximum Gasteiger partial charge on any atom is 0.326 e. The number of carbonyl (C=O) groups excluding carboxylic acids is 2. The van der Waals surface area contributed by atoms with Crippen LogP contribution in [-0.4, -0.2) is 47.8 Å². The van der Waals surface area contributed by atoms with Gasteiger partial charge in [-0.05, 0) is 19.8 Å². The van der Waals surface area contributed by atoms with E-state index in [1.165, 1.54) is 0 Å². The van der Waals surface area contributed by atoms with Crippen LogP contribution in [0.2, 0.25) is 0 Å². The van der Waals surface area contributed by atoms with Crippen LogP contribution in [0.4, 0.5) is 4.79 Å². The Labute approximate surface area is 110 Å². The normalized spacial score (nSPS) is 23.6. The molecule has 1 saturated heterocycles. The molecule has 0 saturated carbocycles. The van der Waals surface area contributed by atoms with Crippen LogP contribution in [0.15, 0.2) is 0 Å². The lowest BCUT2D eigenvalue weighted by Gasteiger charge is -2.24. The number of carbonyl (C=O) groups is 3. The summed E-state index contributed by atoms with van der Waals surface area (Å²) in [6, 6.07) is -1.99. The molecule has 1 unspecified atom stereocenters. The van der Waals surface area contributed by atoms with Gasteiger partial charge in [-0.25, -0.2) is 9.59 Å². The smallest absolute Gasteiger partial charge is 0.326 e. The minimum absolute atomic E-state index is 0.280. The lowest BCUT2D eigenvalue weighted by atomic mass is 10.0. The van der Waals surface area contributed by atoms with Crippen molar-refractivity contribution in [3.05, 3.63) is 0 Å². The maximum absolute atomic E-state index is 11.5. The molecule has 8 nitrogen and oxygen atoms in total. The standard InChI is InChI=1S/C11H19N3O5/c1-11(3-2-4-19-11)6-13-10(18)14-7(9(16)17)5-8(12)15/h7H,2-6H2,1H3,(H2,12,15)(H,16,17)(H2,13,14,18)/t7-,11?/m0/s1. The van der Waals surface area contributed by atoms with Gasteiger partial charge in [0, 0.05) is 13.2 Å². The lowest BCUT2D eigenvalue weighted by Crippen LogP contribution is -2.50. The van der Waals surface area contributed by atoms with Gasteiger partial charge in [-0.3, -0.25) is 4.79 Å². The van der Waals surface area contributed by atoms with Crippen LogP contribution >= 0.6 is 0 Å². The van der Waals surface area contributed by atoms with Gasteiger partial charge in [-0.1, -0.05) is 0 Å². The summed E-state index contributed by atoms with van der Waals surface area (Å²) in [4.78, 5) is 33.0. The van der Waals surface area contributed by atoms with Crippen molar-refractivity contribution in [2.45, 2.75) is 37.8 Å². The highest BCUT2D eigenvalue weighted by atomic mass is 16.5. The number of rotatable bonds is 6. The van der Waals surface area contributed by atoms with E-state index in [2.05, 4.69) is 10.6 Å². The number of carboxylic acids is 1. The van der Waals surface area contributed by atoms with Gasteiger partial charge in [0.2, 0.25) is 5.91 Å². The van der Waals surface area contributed by atoms with E-state index < -0.39 is 36.0 Å². The molecule has 0 aromatic heterocycles. The van der Waals surface area contributed by atoms with E-state index in [0.717, 1.165) is 12.8 Å². The molecule has 0 aromatic carbocycles. The lowest BCUT2D eigenvalue weighted by molar-refractivity contribution is -0.140. The average Bonchev–Trinajstić information content (AvgIpc) is 2.73. The second-order valence-electron chi connectivity index (χ2n) is 4.79. The molecule has 3 amide bonds. The molecule has 5 N–H and O–H groups in total. The molecule has 1 aliphatic rings. The molecule has 1 rings (SSSR count). The van der Waals surface area contributed by atoms with Gasteiger partial charge in [-0.15, -0.1) is 0 Å². The van der Waals surface area contributed by atoms with Crippen LogP contribution in [0, 0.1) is 0 Å². The van der Waals surface area contributed by atoms with E-state index in [4.69, 9.17) is 15.6 Å². The van der Waals surface area contributed by atoms with Gasteiger partial charge in [-0.2, -0.15) is 0 Å². The van der Waals surface area contributed by atoms with Crippen molar-refractivity contribution in [1.82, 2.24) is 10.6 Å². The third-order valence-corrected chi connectivity index (χ3v) is 2.93. The number of amides is 3. The third kappa shape index (κ3) is 5.12. The van der Waals surface area contributed by atoms with Gasteiger partial charge in [0.05, 0.1) is 12.0 Å². The molecule has 0 aromatic rings. The second kappa shape index (κ2) is 6.37. The van der Waals surface area contributed by atoms with Crippen molar-refractivity contribution in [1.29, 1.82) is 0 Å². The predicted molar refractivity (Wildman–Crippen MR) is 65.4 cm³/mol. The molecule has 0 radical (unpaired) electrons. The molecule has 2 atom stereocenters. The Morgan fingerprint density at radius 3 is 2.63 bits per heavy atom. The van der Waals surface area contributed by atoms with Crippen molar-refractivity contribution in [2.24, 2.45) is 5.73 Å². The van der Waals surface area contributed by atoms with Gasteiger partial charge in [0.25, 0.3) is 0 Å². The van der Waals surface area contributed by atoms with Crippen molar-refractivity contribution in [3.63, 3.8) is 0 Å². The van der Waals surface area contributed by atoms with Gasteiger partial charge in [0.1, 0.15) is 6.04 Å². The summed E-state index contributed by atoms with van der Waals surface area (Å²) in [5.41, 5.74) is 4.49. The Morgan fingerprint density at radius 2 is 2.16 bits per heavy atom. The predicted octanol–water partition coefficient (Wildman–Crippen LogP) is -0.817. The molecule has 19 heavy (non-hydrogen) atoms. The number of ether oxygens (including phenoxy) is 1. The van der Waals surface area contributed by atoms with Crippen LogP contribution in [0.5, 0.6) is 0 Å². The van der Waals surface area contributed by atoms with Crippen molar-refractivity contribution in [3.8, 4) is 0 Å². The molecule has 0 spiro atoms. The highest BCUT2D eigenvalue weighted by Crippen LogP contribution is 2.23. The fraction of sp³-hybridized carbons (Fsp3) is 0.727. The topological polar surface area (TPSA) is 131 Å². The maximum atomic E-state index is 11.5. The molecule has 8 heteroatoms. The summed E-state index contributed by atoms with van der Waals surface area (Å²) in [7, 11) is 0. The molecular formula is C11H19N3O5. The molecule has 1 fully saturated rings. The minimum Gasteiger partial charge on any atom is -0.480 e. The molecule has 108 valence electrons. The Bertz CT molecular complexity index is 365. The van der Waals surface area contributed by atoms with Crippen LogP contribution < -0.4 is 16.4 Å². The first-order valence-electron chi connectivity index (χ1n) is 6.02. The van der Waals surface area contributed by atoms with Crippen LogP contribution in [0.25, 0.3) is 0 Å². The first-order chi connectivity index (χ1) is 8.82. The van der Waals surface area contributed by atoms with Crippen LogP contribution in [-0.2, 0) is 14.3 Å². The van der Waals surface area contributed by atoms with E-state index in [1.54, 1.807) is 0 Å². The Morgan fingerprint density at radius 1 is 1.47 bits per heavy atom. The third-order valence-electron chi connectivity index (χ3n) is 2.93. The fourth-order valence-corrected chi connectivity index (χ4v) is 1.85. The number of urea groups is 1. The van der Waals surface area contributed by atoms with Gasteiger partial charge in [0.15, 0.2) is 0 Å². The zero-order valence-electron chi connectivity index (χ0n) is 10.8. The molecule has 0 bridgehead atoms. The van der Waals surface area contributed by atoms with E-state index in [-0.39, 0.29) is 6.54 Å². The number of primary amides is 1. The number of hydrogen-bond acceptors (Lipinski definition) is 4. The van der Waals surface area contributed by atoms with Gasteiger partial charge >= 0.3 is 12.0 Å². The Hall–Kier alpha value is -1.83. The minimum atomic E-state index is -1.32. The first-order valence-corrected chi connectivity index (χ1v) is 6.02. The summed E-state index contributed by atoms with van der Waals surface area (Å²) in [6.45, 7) is 2.80. The van der Waals surface area contributed by atoms with Crippen molar-refractivity contribution >= 4 is 17.9 Å². The highest BCUT2D eigenvalue weighted by molar-refractivity contribution is 5.87. The van der Waals surface area contributed by atoms with E-state index in [1.807, 2.05) is 6.92 Å². The SMILES string of the molecule is CC1(CNC(=O)N[C@@H](CC(N)=O)C(=O)O)CCCO1. The Balaban J connectivity index is 2.40. The largest absolute Gasteiger partial charge is 0.480 e.